The van der Waals surface area contributed by atoms with Crippen molar-refractivity contribution in [2.45, 2.75) is 12.5 Å². The molecule has 0 amide bonds. The van der Waals surface area contributed by atoms with Crippen molar-refractivity contribution in [3.05, 3.63) is 23.8 Å². The van der Waals surface area contributed by atoms with Crippen molar-refractivity contribution in [1.29, 1.82) is 0 Å². The summed E-state index contributed by atoms with van der Waals surface area (Å²) in [5.74, 6) is 2.58. The van der Waals surface area contributed by atoms with Crippen LogP contribution in [-0.4, -0.2) is 38.8 Å². The summed E-state index contributed by atoms with van der Waals surface area (Å²) in [5, 5.41) is 0. The van der Waals surface area contributed by atoms with Gasteiger partial charge in [-0.3, -0.25) is 4.79 Å². The predicted molar refractivity (Wildman–Crippen MR) is 80.4 cm³/mol. The maximum atomic E-state index is 11.0. The van der Waals surface area contributed by atoms with E-state index in [-0.39, 0.29) is 12.0 Å². The highest BCUT2D eigenvalue weighted by Gasteiger charge is 2.11. The Kier molecular flexibility index (Phi) is 7.25. The smallest absolute Gasteiger partial charge is 0.306 e. The Morgan fingerprint density at radius 2 is 1.95 bits per heavy atom. The van der Waals surface area contributed by atoms with Gasteiger partial charge in [-0.25, -0.2) is 0 Å². The van der Waals surface area contributed by atoms with Crippen LogP contribution in [-0.2, 0) is 9.53 Å². The molecule has 1 atom stereocenters. The molecule has 1 aromatic carbocycles. The quantitative estimate of drug-likeness (QED) is 0.585. The Hall–Kier alpha value is -1.40. The molecule has 1 unspecified atom stereocenters. The molecule has 0 radical (unpaired) electrons. The number of nitrogens with two attached hydrogens (primary N) is 1. The van der Waals surface area contributed by atoms with Crippen molar-refractivity contribution in [2.75, 3.05) is 32.8 Å². The first-order chi connectivity index (χ1) is 9.62. The normalized spacial score (nSPS) is 11.8. The fraction of sp³-hybridized carbons (Fsp3) is 0.500. The number of thioether (sulfide) groups is 1. The number of hydrogen-bond acceptors (Lipinski definition) is 6. The van der Waals surface area contributed by atoms with Crippen LogP contribution in [0.1, 0.15) is 18.0 Å². The molecule has 0 aliphatic heterocycles. The molecule has 1 rings (SSSR count). The third-order valence-corrected chi connectivity index (χ3v) is 3.90. The standard InChI is InChI=1S/C14H21NO4S/c1-17-12-5-4-10(8-13(12)18-2)11(15)9-20-7-6-14(16)19-3/h4-5,8,11H,6-7,9,15H2,1-3H3. The molecule has 0 aliphatic carbocycles. The Bertz CT molecular complexity index is 439. The molecule has 5 nitrogen and oxygen atoms in total. The molecule has 112 valence electrons. The van der Waals surface area contributed by atoms with E-state index in [1.54, 1.807) is 26.0 Å². The van der Waals surface area contributed by atoms with Gasteiger partial charge in [-0.1, -0.05) is 6.07 Å². The molecule has 1 aromatic rings. The lowest BCUT2D eigenvalue weighted by molar-refractivity contribution is -0.140. The summed E-state index contributed by atoms with van der Waals surface area (Å²) in [4.78, 5) is 11.0. The fourth-order valence-electron chi connectivity index (χ4n) is 1.65. The second-order valence-electron chi connectivity index (χ2n) is 4.12. The van der Waals surface area contributed by atoms with E-state index < -0.39 is 0 Å². The highest BCUT2D eigenvalue weighted by molar-refractivity contribution is 7.99. The Morgan fingerprint density at radius 1 is 1.25 bits per heavy atom. The molecule has 0 aliphatic rings. The van der Waals surface area contributed by atoms with Crippen molar-refractivity contribution in [2.24, 2.45) is 5.73 Å². The van der Waals surface area contributed by atoms with Gasteiger partial charge in [0.15, 0.2) is 11.5 Å². The lowest BCUT2D eigenvalue weighted by atomic mass is 10.1. The molecular weight excluding hydrogens is 278 g/mol. The maximum Gasteiger partial charge on any atom is 0.306 e. The molecule has 6 heteroatoms. The molecule has 0 fully saturated rings. The van der Waals surface area contributed by atoms with Crippen LogP contribution in [0.3, 0.4) is 0 Å². The van der Waals surface area contributed by atoms with Gasteiger partial charge in [0.1, 0.15) is 0 Å². The second kappa shape index (κ2) is 8.71. The third kappa shape index (κ3) is 4.94. The molecule has 20 heavy (non-hydrogen) atoms. The van der Waals surface area contributed by atoms with Crippen LogP contribution in [0.5, 0.6) is 11.5 Å². The Labute approximate surface area is 123 Å². The zero-order valence-electron chi connectivity index (χ0n) is 12.0. The largest absolute Gasteiger partial charge is 0.493 e. The zero-order chi connectivity index (χ0) is 15.0. The van der Waals surface area contributed by atoms with E-state index in [2.05, 4.69) is 4.74 Å². The van der Waals surface area contributed by atoms with Gasteiger partial charge < -0.3 is 19.9 Å². The molecule has 0 saturated heterocycles. The summed E-state index contributed by atoms with van der Waals surface area (Å²) >= 11 is 1.63. The predicted octanol–water partition coefficient (Wildman–Crippen LogP) is 2.00. The van der Waals surface area contributed by atoms with Crippen LogP contribution >= 0.6 is 11.8 Å². The minimum absolute atomic E-state index is 0.113. The van der Waals surface area contributed by atoms with E-state index in [9.17, 15) is 4.79 Å². The zero-order valence-corrected chi connectivity index (χ0v) is 12.9. The number of rotatable bonds is 8. The summed E-state index contributed by atoms with van der Waals surface area (Å²) in [6.45, 7) is 0. The van der Waals surface area contributed by atoms with E-state index in [4.69, 9.17) is 15.2 Å². The number of hydrogen-bond donors (Lipinski definition) is 1. The van der Waals surface area contributed by atoms with Gasteiger partial charge in [-0.2, -0.15) is 11.8 Å². The number of carbonyl (C=O) groups is 1. The summed E-state index contributed by atoms with van der Waals surface area (Å²) in [5.41, 5.74) is 7.11. The first-order valence-electron chi connectivity index (χ1n) is 6.24. The van der Waals surface area contributed by atoms with Gasteiger partial charge in [0.05, 0.1) is 27.8 Å². The van der Waals surface area contributed by atoms with Gasteiger partial charge in [0.2, 0.25) is 0 Å². The summed E-state index contributed by atoms with van der Waals surface area (Å²) in [6, 6.07) is 5.53. The van der Waals surface area contributed by atoms with E-state index >= 15 is 0 Å². The minimum atomic E-state index is -0.197. The van der Waals surface area contributed by atoms with Crippen molar-refractivity contribution < 1.29 is 19.0 Å². The van der Waals surface area contributed by atoms with Crippen molar-refractivity contribution in [3.8, 4) is 11.5 Å². The van der Waals surface area contributed by atoms with Crippen molar-refractivity contribution in [1.82, 2.24) is 0 Å². The van der Waals surface area contributed by atoms with Gasteiger partial charge in [-0.15, -0.1) is 0 Å². The lowest BCUT2D eigenvalue weighted by Gasteiger charge is -2.14. The third-order valence-electron chi connectivity index (χ3n) is 2.81. The molecule has 2 N–H and O–H groups in total. The number of benzene rings is 1. The van der Waals surface area contributed by atoms with E-state index in [0.29, 0.717) is 23.7 Å². The number of ether oxygens (including phenoxy) is 3. The second-order valence-corrected chi connectivity index (χ2v) is 5.27. The number of methoxy groups -OCH3 is 3. The van der Waals surface area contributed by atoms with Crippen LogP contribution in [0.25, 0.3) is 0 Å². The molecular formula is C14H21NO4S. The molecule has 0 saturated carbocycles. The molecule has 0 heterocycles. The first kappa shape index (κ1) is 16.7. The van der Waals surface area contributed by atoms with E-state index in [1.165, 1.54) is 7.11 Å². The summed E-state index contributed by atoms with van der Waals surface area (Å²) < 4.78 is 15.0. The lowest BCUT2D eigenvalue weighted by Crippen LogP contribution is -2.14. The average molecular weight is 299 g/mol. The first-order valence-corrected chi connectivity index (χ1v) is 7.40. The fourth-order valence-corrected chi connectivity index (χ4v) is 2.57. The van der Waals surface area contributed by atoms with Gasteiger partial charge in [0, 0.05) is 17.5 Å². The van der Waals surface area contributed by atoms with Crippen LogP contribution < -0.4 is 15.2 Å². The van der Waals surface area contributed by atoms with Crippen LogP contribution in [0, 0.1) is 0 Å². The van der Waals surface area contributed by atoms with Gasteiger partial charge in [-0.05, 0) is 17.7 Å². The van der Waals surface area contributed by atoms with Gasteiger partial charge >= 0.3 is 5.97 Å². The minimum Gasteiger partial charge on any atom is -0.493 e. The molecule has 0 bridgehead atoms. The van der Waals surface area contributed by atoms with E-state index in [0.717, 1.165) is 11.3 Å². The van der Waals surface area contributed by atoms with Crippen LogP contribution in [0.15, 0.2) is 18.2 Å². The molecule has 0 aromatic heterocycles. The van der Waals surface area contributed by atoms with Crippen molar-refractivity contribution >= 4 is 17.7 Å². The number of carbonyl (C=O) groups excluding carboxylic acids is 1. The highest BCUT2D eigenvalue weighted by Crippen LogP contribution is 2.30. The van der Waals surface area contributed by atoms with Gasteiger partial charge in [0.25, 0.3) is 0 Å². The van der Waals surface area contributed by atoms with Crippen molar-refractivity contribution in [3.63, 3.8) is 0 Å². The van der Waals surface area contributed by atoms with Crippen LogP contribution in [0.2, 0.25) is 0 Å². The summed E-state index contributed by atoms with van der Waals surface area (Å²) in [6.07, 6.45) is 0.403. The van der Waals surface area contributed by atoms with E-state index in [1.807, 2.05) is 18.2 Å². The Morgan fingerprint density at radius 3 is 2.55 bits per heavy atom. The maximum absolute atomic E-state index is 11.0. The van der Waals surface area contributed by atoms with Crippen LogP contribution in [0.4, 0.5) is 0 Å². The molecule has 0 spiro atoms. The average Bonchev–Trinajstić information content (AvgIpc) is 2.50. The Balaban J connectivity index is 2.50. The SMILES string of the molecule is COC(=O)CCSCC(N)c1ccc(OC)c(OC)c1. The monoisotopic (exact) mass is 299 g/mol. The number of esters is 1. The topological polar surface area (TPSA) is 70.8 Å². The summed E-state index contributed by atoms with van der Waals surface area (Å²) in [7, 11) is 4.58. The highest BCUT2D eigenvalue weighted by atomic mass is 32.2.